The monoisotopic (exact) mass is 198 g/mol. The van der Waals surface area contributed by atoms with Crippen LogP contribution in [0.2, 0.25) is 0 Å². The molecule has 1 heterocycles. The molecule has 1 rings (SSSR count). The maximum absolute atomic E-state index is 5.88. The topological polar surface area (TPSA) is 43.6 Å². The van der Waals surface area contributed by atoms with E-state index in [9.17, 15) is 0 Å². The van der Waals surface area contributed by atoms with Crippen molar-refractivity contribution in [2.45, 2.75) is 18.7 Å². The van der Waals surface area contributed by atoms with E-state index < -0.39 is 0 Å². The molecule has 0 radical (unpaired) electrons. The molecule has 0 saturated carbocycles. The van der Waals surface area contributed by atoms with Gasteiger partial charge in [0.15, 0.2) is 0 Å². The van der Waals surface area contributed by atoms with Crippen LogP contribution >= 0.6 is 11.6 Å². The minimum absolute atomic E-state index is 0.0354. The lowest BCUT2D eigenvalue weighted by molar-refractivity contribution is 0.806. The number of aromatic nitrogens is 4. The smallest absolute Gasteiger partial charge is 0.143 e. The van der Waals surface area contributed by atoms with Crippen molar-refractivity contribution in [3.05, 3.63) is 25.1 Å². The number of hydrogen-bond acceptors (Lipinski definition) is 3. The molecule has 1 atom stereocenters. The van der Waals surface area contributed by atoms with Gasteiger partial charge in [-0.3, -0.25) is 0 Å². The molecule has 0 saturated heterocycles. The van der Waals surface area contributed by atoms with E-state index in [4.69, 9.17) is 11.6 Å². The van der Waals surface area contributed by atoms with E-state index in [0.717, 1.165) is 6.42 Å². The second-order valence-electron chi connectivity index (χ2n) is 2.53. The summed E-state index contributed by atoms with van der Waals surface area (Å²) in [6.07, 6.45) is 6.05. The van der Waals surface area contributed by atoms with Gasteiger partial charge in [0.05, 0.1) is 11.1 Å². The highest BCUT2D eigenvalue weighted by Crippen LogP contribution is 2.06. The normalized spacial score (nSPS) is 13.4. The number of allylic oxidation sites excluding steroid dienone is 3. The summed E-state index contributed by atoms with van der Waals surface area (Å²) in [7, 11) is 0. The van der Waals surface area contributed by atoms with Crippen molar-refractivity contribution in [3.63, 3.8) is 0 Å². The van der Waals surface area contributed by atoms with Crippen molar-refractivity contribution < 1.29 is 0 Å². The Labute approximate surface area is 81.9 Å². The molecule has 0 fully saturated rings. The predicted octanol–water partition coefficient (Wildman–Crippen LogP) is 1.72. The van der Waals surface area contributed by atoms with Crippen molar-refractivity contribution in [1.82, 2.24) is 20.2 Å². The Hall–Kier alpha value is -1.16. The van der Waals surface area contributed by atoms with E-state index in [1.807, 2.05) is 13.0 Å². The lowest BCUT2D eigenvalue weighted by Crippen LogP contribution is -1.95. The Bertz CT molecular complexity index is 291. The Morgan fingerprint density at radius 2 is 2.54 bits per heavy atom. The number of rotatable bonds is 4. The van der Waals surface area contributed by atoms with Crippen LogP contribution in [-0.2, 0) is 0 Å². The SMILES string of the molecule is C=C(/C=C\C(Cl)CC)n1cnnn1. The minimum Gasteiger partial charge on any atom is -0.201 e. The largest absolute Gasteiger partial charge is 0.201 e. The van der Waals surface area contributed by atoms with E-state index in [-0.39, 0.29) is 5.38 Å². The zero-order chi connectivity index (χ0) is 9.68. The van der Waals surface area contributed by atoms with Crippen molar-refractivity contribution in [3.8, 4) is 0 Å². The van der Waals surface area contributed by atoms with Crippen LogP contribution in [0.3, 0.4) is 0 Å². The van der Waals surface area contributed by atoms with Gasteiger partial charge < -0.3 is 0 Å². The van der Waals surface area contributed by atoms with Gasteiger partial charge in [-0.25, -0.2) is 4.68 Å². The highest BCUT2D eigenvalue weighted by atomic mass is 35.5. The van der Waals surface area contributed by atoms with Gasteiger partial charge >= 0.3 is 0 Å². The highest BCUT2D eigenvalue weighted by Gasteiger charge is 1.96. The molecule has 0 aliphatic rings. The second-order valence-corrected chi connectivity index (χ2v) is 3.09. The molecular formula is C8H11ClN4. The third kappa shape index (κ3) is 2.99. The summed E-state index contributed by atoms with van der Waals surface area (Å²) in [5.74, 6) is 0. The fourth-order valence-electron chi connectivity index (χ4n) is 0.721. The summed E-state index contributed by atoms with van der Waals surface area (Å²) in [5.41, 5.74) is 0.698. The molecule has 0 aliphatic heterocycles. The van der Waals surface area contributed by atoms with Crippen LogP contribution in [0.5, 0.6) is 0 Å². The summed E-state index contributed by atoms with van der Waals surface area (Å²) in [5, 5.41) is 10.7. The molecule has 0 amide bonds. The van der Waals surface area contributed by atoms with Crippen LogP contribution in [-0.4, -0.2) is 25.6 Å². The second kappa shape index (κ2) is 4.77. The van der Waals surface area contributed by atoms with E-state index in [2.05, 4.69) is 22.1 Å². The molecule has 0 bridgehead atoms. The van der Waals surface area contributed by atoms with Crippen LogP contribution in [0.1, 0.15) is 13.3 Å². The Balaban J connectivity index is 2.56. The van der Waals surface area contributed by atoms with Crippen molar-refractivity contribution in [1.29, 1.82) is 0 Å². The first-order chi connectivity index (χ1) is 6.24. The molecule has 1 aromatic rings. The van der Waals surface area contributed by atoms with Crippen LogP contribution < -0.4 is 0 Å². The minimum atomic E-state index is 0.0354. The maximum Gasteiger partial charge on any atom is 0.143 e. The molecule has 0 N–H and O–H groups in total. The van der Waals surface area contributed by atoms with Gasteiger partial charge in [-0.2, -0.15) is 0 Å². The third-order valence-electron chi connectivity index (χ3n) is 1.53. The zero-order valence-corrected chi connectivity index (χ0v) is 8.15. The van der Waals surface area contributed by atoms with Crippen molar-refractivity contribution in [2.75, 3.05) is 0 Å². The van der Waals surface area contributed by atoms with E-state index in [0.29, 0.717) is 5.70 Å². The number of halogens is 1. The molecular weight excluding hydrogens is 188 g/mol. The summed E-state index contributed by atoms with van der Waals surface area (Å²) < 4.78 is 1.48. The van der Waals surface area contributed by atoms with Gasteiger partial charge in [0.25, 0.3) is 0 Å². The third-order valence-corrected chi connectivity index (χ3v) is 1.98. The van der Waals surface area contributed by atoms with Crippen LogP contribution in [0.4, 0.5) is 0 Å². The first-order valence-electron chi connectivity index (χ1n) is 3.98. The fraction of sp³-hybridized carbons (Fsp3) is 0.375. The predicted molar refractivity (Wildman–Crippen MR) is 52.2 cm³/mol. The van der Waals surface area contributed by atoms with Crippen LogP contribution in [0.25, 0.3) is 5.70 Å². The molecule has 0 aliphatic carbocycles. The van der Waals surface area contributed by atoms with Gasteiger partial charge in [-0.05, 0) is 22.9 Å². The van der Waals surface area contributed by atoms with E-state index >= 15 is 0 Å². The first-order valence-corrected chi connectivity index (χ1v) is 4.42. The molecule has 0 spiro atoms. The van der Waals surface area contributed by atoms with Gasteiger partial charge in [0.2, 0.25) is 0 Å². The van der Waals surface area contributed by atoms with Crippen molar-refractivity contribution in [2.24, 2.45) is 0 Å². The quantitative estimate of drug-likeness (QED) is 0.547. The fourth-order valence-corrected chi connectivity index (χ4v) is 0.794. The molecule has 1 unspecified atom stereocenters. The zero-order valence-electron chi connectivity index (χ0n) is 7.39. The van der Waals surface area contributed by atoms with E-state index in [1.165, 1.54) is 11.0 Å². The Kier molecular flexibility index (Phi) is 3.64. The molecule has 70 valence electrons. The number of tetrazole rings is 1. The first kappa shape index (κ1) is 9.92. The lowest BCUT2D eigenvalue weighted by Gasteiger charge is -1.99. The molecule has 5 heteroatoms. The summed E-state index contributed by atoms with van der Waals surface area (Å²) in [6.45, 7) is 5.79. The van der Waals surface area contributed by atoms with Crippen LogP contribution in [0, 0.1) is 0 Å². The highest BCUT2D eigenvalue weighted by molar-refractivity contribution is 6.21. The molecule has 0 aromatic carbocycles. The molecule has 1 aromatic heterocycles. The number of alkyl halides is 1. The average Bonchev–Trinajstić information content (AvgIpc) is 2.66. The molecule has 4 nitrogen and oxygen atoms in total. The van der Waals surface area contributed by atoms with Gasteiger partial charge in [0.1, 0.15) is 6.33 Å². The number of nitrogens with zero attached hydrogens (tertiary/aromatic N) is 4. The standard InChI is InChI=1S/C8H11ClN4/c1-3-8(9)5-4-7(2)13-6-10-11-12-13/h4-6,8H,2-3H2,1H3/b5-4-. The summed E-state index contributed by atoms with van der Waals surface area (Å²) in [6, 6.07) is 0. The van der Waals surface area contributed by atoms with Gasteiger partial charge in [0, 0.05) is 0 Å². The van der Waals surface area contributed by atoms with E-state index in [1.54, 1.807) is 6.08 Å². The van der Waals surface area contributed by atoms with Gasteiger partial charge in [-0.15, -0.1) is 16.7 Å². The summed E-state index contributed by atoms with van der Waals surface area (Å²) in [4.78, 5) is 0. The number of hydrogen-bond donors (Lipinski definition) is 0. The molecule has 13 heavy (non-hydrogen) atoms. The van der Waals surface area contributed by atoms with Crippen LogP contribution in [0.15, 0.2) is 25.1 Å². The van der Waals surface area contributed by atoms with Gasteiger partial charge in [-0.1, -0.05) is 19.6 Å². The Morgan fingerprint density at radius 1 is 1.77 bits per heavy atom. The lowest BCUT2D eigenvalue weighted by atomic mass is 10.3. The Morgan fingerprint density at radius 3 is 3.08 bits per heavy atom. The summed E-state index contributed by atoms with van der Waals surface area (Å²) >= 11 is 5.88. The maximum atomic E-state index is 5.88. The van der Waals surface area contributed by atoms with Crippen molar-refractivity contribution >= 4 is 17.3 Å². The average molecular weight is 199 g/mol.